The molecule has 18 heavy (non-hydrogen) atoms. The van der Waals surface area contributed by atoms with Crippen molar-refractivity contribution in [3.05, 3.63) is 28.5 Å². The topological polar surface area (TPSA) is 45.2 Å². The number of carbonyl (C=O) groups is 1. The maximum absolute atomic E-state index is 12.4. The highest BCUT2D eigenvalue weighted by molar-refractivity contribution is 9.10. The molecule has 2 aliphatic heterocycles. The Balaban J connectivity index is 1.75. The summed E-state index contributed by atoms with van der Waals surface area (Å²) in [6.45, 7) is 3.86. The van der Waals surface area contributed by atoms with E-state index < -0.39 is 0 Å². The summed E-state index contributed by atoms with van der Waals surface area (Å²) in [5, 5.41) is 3.41. The molecule has 0 spiro atoms. The molecule has 2 unspecified atom stereocenters. The molecule has 2 saturated heterocycles. The van der Waals surface area contributed by atoms with Gasteiger partial charge in [0.1, 0.15) is 5.69 Å². The summed E-state index contributed by atoms with van der Waals surface area (Å²) in [6.07, 6.45) is 2.77. The molecule has 1 amide bonds. The van der Waals surface area contributed by atoms with Crippen LogP contribution >= 0.6 is 15.9 Å². The molecule has 0 aromatic carbocycles. The Morgan fingerprint density at radius 2 is 2.28 bits per heavy atom. The van der Waals surface area contributed by atoms with Gasteiger partial charge in [-0.25, -0.2) is 4.98 Å². The molecular weight excluding hydrogens is 294 g/mol. The van der Waals surface area contributed by atoms with Gasteiger partial charge >= 0.3 is 0 Å². The first-order valence-corrected chi connectivity index (χ1v) is 7.15. The number of nitrogens with one attached hydrogen (secondary N) is 1. The number of piperidine rings is 1. The van der Waals surface area contributed by atoms with Crippen molar-refractivity contribution < 1.29 is 4.79 Å². The molecule has 3 rings (SSSR count). The van der Waals surface area contributed by atoms with Crippen molar-refractivity contribution in [1.82, 2.24) is 15.2 Å². The second-order valence-electron chi connectivity index (χ2n) is 5.05. The summed E-state index contributed by atoms with van der Waals surface area (Å²) in [4.78, 5) is 18.6. The van der Waals surface area contributed by atoms with Crippen LogP contribution in [0.5, 0.6) is 0 Å². The van der Waals surface area contributed by atoms with Crippen LogP contribution in [-0.4, -0.2) is 42.0 Å². The Bertz CT molecular complexity index is 465. The zero-order valence-electron chi connectivity index (χ0n) is 10.1. The van der Waals surface area contributed by atoms with Gasteiger partial charge in [-0.2, -0.15) is 0 Å². The van der Waals surface area contributed by atoms with E-state index in [0.29, 0.717) is 11.6 Å². The summed E-state index contributed by atoms with van der Waals surface area (Å²) in [5.74, 6) is 1.42. The molecule has 96 valence electrons. The van der Waals surface area contributed by atoms with Gasteiger partial charge in [0.2, 0.25) is 0 Å². The average Bonchev–Trinajstić information content (AvgIpc) is 2.85. The standard InChI is InChI=1S/C13H16BrN3O/c14-11-2-1-4-16-12(11)13(18)17-5-3-9-6-15-7-10(9)8-17/h1-2,4,9-10,15H,3,5-8H2. The van der Waals surface area contributed by atoms with Gasteiger partial charge in [-0.1, -0.05) is 0 Å². The third-order valence-corrected chi connectivity index (χ3v) is 4.59. The van der Waals surface area contributed by atoms with Crippen LogP contribution in [0.4, 0.5) is 0 Å². The predicted octanol–water partition coefficient (Wildman–Crippen LogP) is 1.53. The van der Waals surface area contributed by atoms with Crippen LogP contribution in [0.15, 0.2) is 22.8 Å². The molecule has 1 aromatic heterocycles. The van der Waals surface area contributed by atoms with E-state index in [1.165, 1.54) is 0 Å². The molecule has 2 aliphatic rings. The molecule has 0 aliphatic carbocycles. The quantitative estimate of drug-likeness (QED) is 0.855. The number of hydrogen-bond acceptors (Lipinski definition) is 3. The number of halogens is 1. The number of nitrogens with zero attached hydrogens (tertiary/aromatic N) is 2. The lowest BCUT2D eigenvalue weighted by Crippen LogP contribution is -2.43. The van der Waals surface area contributed by atoms with Crippen LogP contribution < -0.4 is 5.32 Å². The van der Waals surface area contributed by atoms with Crippen molar-refractivity contribution in [2.75, 3.05) is 26.2 Å². The van der Waals surface area contributed by atoms with Gasteiger partial charge in [0.05, 0.1) is 0 Å². The molecule has 2 fully saturated rings. The van der Waals surface area contributed by atoms with Gasteiger partial charge in [-0.15, -0.1) is 0 Å². The fourth-order valence-electron chi connectivity index (χ4n) is 2.91. The van der Waals surface area contributed by atoms with E-state index in [2.05, 4.69) is 26.2 Å². The SMILES string of the molecule is O=C(c1ncccc1Br)N1CCC2CNCC2C1. The minimum absolute atomic E-state index is 0.0489. The van der Waals surface area contributed by atoms with Crippen molar-refractivity contribution in [3.8, 4) is 0 Å². The Hall–Kier alpha value is -0.940. The zero-order chi connectivity index (χ0) is 12.5. The summed E-state index contributed by atoms with van der Waals surface area (Å²) in [7, 11) is 0. The largest absolute Gasteiger partial charge is 0.337 e. The van der Waals surface area contributed by atoms with Crippen molar-refractivity contribution in [3.63, 3.8) is 0 Å². The number of carbonyl (C=O) groups excluding carboxylic acids is 1. The van der Waals surface area contributed by atoms with E-state index >= 15 is 0 Å². The molecule has 0 bridgehead atoms. The molecule has 2 atom stereocenters. The predicted molar refractivity (Wildman–Crippen MR) is 72.3 cm³/mol. The second kappa shape index (κ2) is 4.97. The third kappa shape index (κ3) is 2.17. The van der Waals surface area contributed by atoms with E-state index in [0.717, 1.165) is 43.0 Å². The minimum Gasteiger partial charge on any atom is -0.337 e. The normalized spacial score (nSPS) is 27.1. The summed E-state index contributed by atoms with van der Waals surface area (Å²) in [6, 6.07) is 3.69. The van der Waals surface area contributed by atoms with E-state index in [9.17, 15) is 4.79 Å². The highest BCUT2D eigenvalue weighted by Gasteiger charge is 2.35. The Kier molecular flexibility index (Phi) is 3.35. The Morgan fingerprint density at radius 3 is 3.11 bits per heavy atom. The molecule has 1 aromatic rings. The van der Waals surface area contributed by atoms with E-state index in [1.54, 1.807) is 6.20 Å². The first-order valence-electron chi connectivity index (χ1n) is 6.36. The monoisotopic (exact) mass is 309 g/mol. The summed E-state index contributed by atoms with van der Waals surface area (Å²) >= 11 is 3.40. The Labute approximate surface area is 115 Å². The zero-order valence-corrected chi connectivity index (χ0v) is 11.7. The van der Waals surface area contributed by atoms with Gasteiger partial charge in [-0.3, -0.25) is 4.79 Å². The lowest BCUT2D eigenvalue weighted by molar-refractivity contribution is 0.0635. The number of rotatable bonds is 1. The molecular formula is C13H16BrN3O. The van der Waals surface area contributed by atoms with Crippen LogP contribution in [0, 0.1) is 11.8 Å². The highest BCUT2D eigenvalue weighted by atomic mass is 79.9. The van der Waals surface area contributed by atoms with Gasteiger partial charge in [0, 0.05) is 23.8 Å². The molecule has 4 nitrogen and oxygen atoms in total. The summed E-state index contributed by atoms with van der Waals surface area (Å²) in [5.41, 5.74) is 0.530. The highest BCUT2D eigenvalue weighted by Crippen LogP contribution is 2.27. The van der Waals surface area contributed by atoms with Crippen molar-refractivity contribution in [2.45, 2.75) is 6.42 Å². The number of fused-ring (bicyclic) bond motifs is 1. The lowest BCUT2D eigenvalue weighted by atomic mass is 9.88. The number of likely N-dealkylation sites (tertiary alicyclic amines) is 1. The van der Waals surface area contributed by atoms with Crippen LogP contribution in [0.3, 0.4) is 0 Å². The summed E-state index contributed by atoms with van der Waals surface area (Å²) < 4.78 is 0.779. The van der Waals surface area contributed by atoms with Gasteiger partial charge in [-0.05, 0) is 59.4 Å². The lowest BCUT2D eigenvalue weighted by Gasteiger charge is -2.34. The van der Waals surface area contributed by atoms with Crippen LogP contribution in [0.2, 0.25) is 0 Å². The number of hydrogen-bond donors (Lipinski definition) is 1. The molecule has 5 heteroatoms. The van der Waals surface area contributed by atoms with Gasteiger partial charge < -0.3 is 10.2 Å². The van der Waals surface area contributed by atoms with Crippen LogP contribution in [-0.2, 0) is 0 Å². The van der Waals surface area contributed by atoms with Gasteiger partial charge in [0.15, 0.2) is 0 Å². The van der Waals surface area contributed by atoms with Crippen molar-refractivity contribution in [2.24, 2.45) is 11.8 Å². The van der Waals surface area contributed by atoms with Crippen molar-refractivity contribution >= 4 is 21.8 Å². The molecule has 0 saturated carbocycles. The average molecular weight is 310 g/mol. The Morgan fingerprint density at radius 1 is 1.44 bits per heavy atom. The number of pyridine rings is 1. The maximum Gasteiger partial charge on any atom is 0.273 e. The number of amides is 1. The van der Waals surface area contributed by atoms with E-state index in [4.69, 9.17) is 0 Å². The first kappa shape index (κ1) is 12.1. The van der Waals surface area contributed by atoms with E-state index in [1.807, 2.05) is 17.0 Å². The first-order chi connectivity index (χ1) is 8.75. The van der Waals surface area contributed by atoms with Crippen LogP contribution in [0.1, 0.15) is 16.9 Å². The minimum atomic E-state index is 0.0489. The maximum atomic E-state index is 12.4. The van der Waals surface area contributed by atoms with E-state index in [-0.39, 0.29) is 5.91 Å². The molecule has 3 heterocycles. The second-order valence-corrected chi connectivity index (χ2v) is 5.91. The number of aromatic nitrogens is 1. The van der Waals surface area contributed by atoms with Crippen LogP contribution in [0.25, 0.3) is 0 Å². The smallest absolute Gasteiger partial charge is 0.273 e. The fraction of sp³-hybridized carbons (Fsp3) is 0.538. The molecule has 1 N–H and O–H groups in total. The molecule has 0 radical (unpaired) electrons. The van der Waals surface area contributed by atoms with Crippen molar-refractivity contribution in [1.29, 1.82) is 0 Å². The van der Waals surface area contributed by atoms with Gasteiger partial charge in [0.25, 0.3) is 5.91 Å². The third-order valence-electron chi connectivity index (χ3n) is 3.95. The fourth-order valence-corrected chi connectivity index (χ4v) is 3.34.